The molecular formula is C23H26N2O3. The molecule has 1 amide bonds. The maximum Gasteiger partial charge on any atom is 0.262 e. The maximum absolute atomic E-state index is 12.9. The van der Waals surface area contributed by atoms with Crippen molar-refractivity contribution >= 4 is 12.0 Å². The Morgan fingerprint density at radius 1 is 1.18 bits per heavy atom. The summed E-state index contributed by atoms with van der Waals surface area (Å²) in [7, 11) is 0. The summed E-state index contributed by atoms with van der Waals surface area (Å²) in [6, 6.07) is 7.61. The summed E-state index contributed by atoms with van der Waals surface area (Å²) in [6.07, 6.45) is 9.47. The summed E-state index contributed by atoms with van der Waals surface area (Å²) in [4.78, 5) is 12.9. The van der Waals surface area contributed by atoms with Gasteiger partial charge in [-0.15, -0.1) is 0 Å². The quantitative estimate of drug-likeness (QED) is 0.634. The average molecular weight is 378 g/mol. The van der Waals surface area contributed by atoms with Gasteiger partial charge in [-0.05, 0) is 92.4 Å². The summed E-state index contributed by atoms with van der Waals surface area (Å²) in [5, 5.41) is 12.7. The van der Waals surface area contributed by atoms with Gasteiger partial charge in [0.1, 0.15) is 11.6 Å². The number of fused-ring (bicyclic) bond motifs is 1. The molecule has 5 aliphatic rings. The van der Waals surface area contributed by atoms with Crippen molar-refractivity contribution in [1.29, 1.82) is 5.26 Å². The molecule has 4 aliphatic carbocycles. The minimum Gasteiger partial charge on any atom is -0.454 e. The highest BCUT2D eigenvalue weighted by atomic mass is 16.7. The van der Waals surface area contributed by atoms with Gasteiger partial charge in [-0.3, -0.25) is 4.79 Å². The third kappa shape index (κ3) is 2.96. The molecule has 4 fully saturated rings. The maximum atomic E-state index is 12.9. The van der Waals surface area contributed by atoms with Crippen molar-refractivity contribution in [2.24, 2.45) is 23.2 Å². The van der Waals surface area contributed by atoms with Crippen LogP contribution in [0.15, 0.2) is 23.8 Å². The minimum atomic E-state index is -0.275. The molecule has 5 nitrogen and oxygen atoms in total. The number of nitrogens with one attached hydrogen (secondary N) is 1. The van der Waals surface area contributed by atoms with E-state index in [9.17, 15) is 10.1 Å². The molecule has 5 heteroatoms. The zero-order valence-corrected chi connectivity index (χ0v) is 16.2. The van der Waals surface area contributed by atoms with Gasteiger partial charge in [-0.25, -0.2) is 0 Å². The lowest BCUT2D eigenvalue weighted by molar-refractivity contribution is -0.121. The average Bonchev–Trinajstić information content (AvgIpc) is 3.12. The van der Waals surface area contributed by atoms with Gasteiger partial charge in [-0.2, -0.15) is 5.26 Å². The molecular weight excluding hydrogens is 352 g/mol. The first-order valence-corrected chi connectivity index (χ1v) is 10.4. The second kappa shape index (κ2) is 6.55. The Hall–Kier alpha value is -2.48. The van der Waals surface area contributed by atoms with Crippen LogP contribution in [0.1, 0.15) is 51.0 Å². The molecule has 6 rings (SSSR count). The Bertz CT molecular complexity index is 847. The number of amides is 1. The van der Waals surface area contributed by atoms with E-state index in [-0.39, 0.29) is 29.7 Å². The summed E-state index contributed by atoms with van der Waals surface area (Å²) < 4.78 is 10.7. The molecule has 1 aromatic carbocycles. The first kappa shape index (κ1) is 17.6. The van der Waals surface area contributed by atoms with Gasteiger partial charge in [0.15, 0.2) is 11.5 Å². The first-order chi connectivity index (χ1) is 13.5. The Kier molecular flexibility index (Phi) is 4.12. The van der Waals surface area contributed by atoms with E-state index in [0.29, 0.717) is 11.5 Å². The van der Waals surface area contributed by atoms with Gasteiger partial charge in [0.05, 0.1) is 0 Å². The van der Waals surface area contributed by atoms with Gasteiger partial charge in [0.2, 0.25) is 6.79 Å². The van der Waals surface area contributed by atoms with Crippen LogP contribution in [0.3, 0.4) is 0 Å². The number of nitriles is 1. The highest BCUT2D eigenvalue weighted by molar-refractivity contribution is 6.01. The van der Waals surface area contributed by atoms with Crippen molar-refractivity contribution in [2.45, 2.75) is 51.5 Å². The normalized spacial score (nSPS) is 33.4. The van der Waals surface area contributed by atoms with Crippen molar-refractivity contribution in [3.05, 3.63) is 29.3 Å². The zero-order chi connectivity index (χ0) is 19.3. The number of hydrogen-bond acceptors (Lipinski definition) is 4. The van der Waals surface area contributed by atoms with Crippen LogP contribution >= 0.6 is 0 Å². The summed E-state index contributed by atoms with van der Waals surface area (Å²) in [5.74, 6) is 3.58. The van der Waals surface area contributed by atoms with Crippen LogP contribution in [0.25, 0.3) is 6.08 Å². The smallest absolute Gasteiger partial charge is 0.262 e. The van der Waals surface area contributed by atoms with E-state index in [0.717, 1.165) is 23.3 Å². The van der Waals surface area contributed by atoms with E-state index in [4.69, 9.17) is 9.47 Å². The zero-order valence-electron chi connectivity index (χ0n) is 16.2. The number of hydrogen-bond donors (Lipinski definition) is 1. The number of nitrogens with zero attached hydrogens (tertiary/aromatic N) is 1. The van der Waals surface area contributed by atoms with E-state index in [1.807, 2.05) is 6.07 Å². The highest BCUT2D eigenvalue weighted by Crippen LogP contribution is 2.61. The molecule has 28 heavy (non-hydrogen) atoms. The molecule has 1 atom stereocenters. The molecule has 4 bridgehead atoms. The molecule has 4 saturated carbocycles. The van der Waals surface area contributed by atoms with Crippen LogP contribution in [-0.4, -0.2) is 18.7 Å². The van der Waals surface area contributed by atoms with Crippen molar-refractivity contribution in [3.8, 4) is 17.6 Å². The number of rotatable bonds is 4. The fourth-order valence-electron chi connectivity index (χ4n) is 6.45. The SMILES string of the molecule is C[C@@H](NC(=O)/C(C#N)=C/c1ccc2c(c1)OCO2)C12CC3CC(CC(C3)C1)C2. The predicted molar refractivity (Wildman–Crippen MR) is 104 cm³/mol. The van der Waals surface area contributed by atoms with E-state index >= 15 is 0 Å². The molecule has 146 valence electrons. The molecule has 1 N–H and O–H groups in total. The van der Waals surface area contributed by atoms with Gasteiger partial charge in [0, 0.05) is 6.04 Å². The van der Waals surface area contributed by atoms with Crippen LogP contribution in [0.4, 0.5) is 0 Å². The van der Waals surface area contributed by atoms with Crippen molar-refractivity contribution in [3.63, 3.8) is 0 Å². The molecule has 0 aromatic heterocycles. The van der Waals surface area contributed by atoms with E-state index in [2.05, 4.69) is 18.3 Å². The van der Waals surface area contributed by atoms with Gasteiger partial charge in [0.25, 0.3) is 5.91 Å². The Labute approximate surface area is 165 Å². The van der Waals surface area contributed by atoms with Crippen LogP contribution in [0.2, 0.25) is 0 Å². The summed E-state index contributed by atoms with van der Waals surface area (Å²) in [6.45, 7) is 2.34. The molecule has 0 unspecified atom stereocenters. The Morgan fingerprint density at radius 3 is 2.46 bits per heavy atom. The van der Waals surface area contributed by atoms with Gasteiger partial charge in [-0.1, -0.05) is 6.07 Å². The van der Waals surface area contributed by atoms with Gasteiger partial charge >= 0.3 is 0 Å². The highest BCUT2D eigenvalue weighted by Gasteiger charge is 2.53. The standard InChI is InChI=1S/C23H26N2O3/c1-14(23-9-16-4-17(10-23)6-18(5-16)11-23)25-22(26)19(12-24)7-15-2-3-20-21(8-15)28-13-27-20/h2-3,7-8,14,16-18H,4-6,9-11,13H2,1H3,(H,25,26)/b19-7+/t14-,16?,17?,18?,23?/m1/s1. The number of carbonyl (C=O) groups excluding carboxylic acids is 1. The van der Waals surface area contributed by atoms with Crippen molar-refractivity contribution < 1.29 is 14.3 Å². The van der Waals surface area contributed by atoms with Crippen LogP contribution in [0, 0.1) is 34.5 Å². The minimum absolute atomic E-state index is 0.0990. The summed E-state index contributed by atoms with van der Waals surface area (Å²) in [5.41, 5.74) is 1.12. The lowest BCUT2D eigenvalue weighted by Gasteiger charge is -2.59. The molecule has 1 heterocycles. The number of benzene rings is 1. The largest absolute Gasteiger partial charge is 0.454 e. The molecule has 1 aromatic rings. The third-order valence-corrected chi connectivity index (χ3v) is 7.42. The number of carbonyl (C=O) groups is 1. The van der Waals surface area contributed by atoms with E-state index in [1.54, 1.807) is 18.2 Å². The number of ether oxygens (including phenoxy) is 2. The molecule has 1 aliphatic heterocycles. The first-order valence-electron chi connectivity index (χ1n) is 10.4. The van der Waals surface area contributed by atoms with Crippen molar-refractivity contribution in [1.82, 2.24) is 5.32 Å². The molecule has 0 saturated heterocycles. The molecule has 0 spiro atoms. The topological polar surface area (TPSA) is 71.4 Å². The Morgan fingerprint density at radius 2 is 1.82 bits per heavy atom. The van der Waals surface area contributed by atoms with Crippen LogP contribution in [0.5, 0.6) is 11.5 Å². The van der Waals surface area contributed by atoms with Crippen molar-refractivity contribution in [2.75, 3.05) is 6.79 Å². The van der Waals surface area contributed by atoms with E-state index < -0.39 is 0 Å². The lowest BCUT2D eigenvalue weighted by Crippen LogP contribution is -2.55. The Balaban J connectivity index is 1.32. The monoisotopic (exact) mass is 378 g/mol. The van der Waals surface area contributed by atoms with E-state index in [1.165, 1.54) is 38.5 Å². The van der Waals surface area contributed by atoms with Crippen LogP contribution in [-0.2, 0) is 4.79 Å². The fraction of sp³-hybridized carbons (Fsp3) is 0.565. The summed E-state index contributed by atoms with van der Waals surface area (Å²) >= 11 is 0. The van der Waals surface area contributed by atoms with Gasteiger partial charge < -0.3 is 14.8 Å². The molecule has 0 radical (unpaired) electrons. The van der Waals surface area contributed by atoms with Crippen LogP contribution < -0.4 is 14.8 Å². The second-order valence-electron chi connectivity index (χ2n) is 9.26. The lowest BCUT2D eigenvalue weighted by atomic mass is 9.48. The predicted octanol–water partition coefficient (Wildman–Crippen LogP) is 4.04. The second-order valence-corrected chi connectivity index (χ2v) is 9.26. The third-order valence-electron chi connectivity index (χ3n) is 7.42. The fourth-order valence-corrected chi connectivity index (χ4v) is 6.45.